The number of rotatable bonds is 8. The van der Waals surface area contributed by atoms with E-state index in [0.29, 0.717) is 25.2 Å². The van der Waals surface area contributed by atoms with E-state index in [1.807, 2.05) is 0 Å². The summed E-state index contributed by atoms with van der Waals surface area (Å²) in [7, 11) is -4.58. The van der Waals surface area contributed by atoms with Crippen LogP contribution in [0.3, 0.4) is 0 Å². The highest BCUT2D eigenvalue weighted by molar-refractivity contribution is 7.92. The summed E-state index contributed by atoms with van der Waals surface area (Å²) in [5.74, 6) is -1.47. The molecule has 0 unspecified atom stereocenters. The van der Waals surface area contributed by atoms with Crippen LogP contribution in [0.5, 0.6) is 0 Å². The number of alkyl halides is 6. The summed E-state index contributed by atoms with van der Waals surface area (Å²) in [5, 5.41) is 22.4. The van der Waals surface area contributed by atoms with Gasteiger partial charge in [-0.1, -0.05) is 12.1 Å². The van der Waals surface area contributed by atoms with Crippen LogP contribution >= 0.6 is 0 Å². The molecule has 3 N–H and O–H groups in total. The lowest BCUT2D eigenvalue weighted by atomic mass is 9.86. The molecule has 0 bridgehead atoms. The van der Waals surface area contributed by atoms with Crippen LogP contribution in [0.15, 0.2) is 47.4 Å². The number of anilines is 1. The molecule has 0 saturated carbocycles. The van der Waals surface area contributed by atoms with Gasteiger partial charge < -0.3 is 15.5 Å². The third-order valence-electron chi connectivity index (χ3n) is 7.67. The quantitative estimate of drug-likeness (QED) is 0.392. The van der Waals surface area contributed by atoms with Crippen molar-refractivity contribution in [3.63, 3.8) is 0 Å². The molecule has 41 heavy (non-hydrogen) atoms. The Morgan fingerprint density at radius 2 is 1.56 bits per heavy atom. The second-order valence-electron chi connectivity index (χ2n) is 10.3. The van der Waals surface area contributed by atoms with Crippen molar-refractivity contribution in [1.82, 2.24) is 5.32 Å². The molecule has 226 valence electrons. The number of Topliss-reactive ketones (excluding diaryl/α,β-unsaturated/α-hetero) is 1. The number of nitrogens with one attached hydrogen (secondary N) is 1. The van der Waals surface area contributed by atoms with Crippen LogP contribution in [0.1, 0.15) is 30.4 Å². The Labute approximate surface area is 231 Å². The maximum absolute atomic E-state index is 13.7. The zero-order valence-electron chi connectivity index (χ0n) is 21.3. The molecule has 1 fully saturated rings. The maximum atomic E-state index is 13.7. The van der Waals surface area contributed by atoms with Gasteiger partial charge in [0.25, 0.3) is 15.6 Å². The van der Waals surface area contributed by atoms with E-state index < -0.39 is 50.3 Å². The Kier molecular flexibility index (Phi) is 8.48. The molecule has 4 rings (SSSR count). The number of ketones is 1. The first kappa shape index (κ1) is 31.2. The number of carbonyl (C=O) groups is 1. The van der Waals surface area contributed by atoms with E-state index in [1.165, 1.54) is 0 Å². The number of fused-ring (bicyclic) bond motifs is 1. The molecule has 2 aromatic rings. The first-order valence-corrected chi connectivity index (χ1v) is 14.1. The molecule has 2 heterocycles. The molecule has 0 aliphatic carbocycles. The van der Waals surface area contributed by atoms with Gasteiger partial charge >= 0.3 is 12.4 Å². The lowest BCUT2D eigenvalue weighted by Gasteiger charge is -2.39. The van der Waals surface area contributed by atoms with E-state index in [1.54, 1.807) is 0 Å². The van der Waals surface area contributed by atoms with Crippen LogP contribution < -0.4 is 9.62 Å². The van der Waals surface area contributed by atoms with Crippen molar-refractivity contribution in [1.29, 1.82) is 0 Å². The van der Waals surface area contributed by atoms with Crippen LogP contribution in [-0.4, -0.2) is 62.5 Å². The molecule has 0 radical (unpaired) electrons. The average molecular weight is 613 g/mol. The summed E-state index contributed by atoms with van der Waals surface area (Å²) in [5.41, 5.74) is -7.22. The number of hydrogen-bond acceptors (Lipinski definition) is 6. The summed E-state index contributed by atoms with van der Waals surface area (Å²) in [6.45, 7) is 0.810. The summed E-state index contributed by atoms with van der Waals surface area (Å²) < 4.78 is 123. The lowest BCUT2D eigenvalue weighted by molar-refractivity contribution is -0.376. The van der Waals surface area contributed by atoms with Crippen LogP contribution in [-0.2, 0) is 26.8 Å². The second kappa shape index (κ2) is 11.2. The van der Waals surface area contributed by atoms with Crippen LogP contribution in [0.4, 0.5) is 36.4 Å². The van der Waals surface area contributed by atoms with E-state index in [2.05, 4.69) is 5.32 Å². The number of nitrogens with zero attached hydrogens (tertiary/aromatic N) is 1. The number of carbonyl (C=O) groups excluding carboxylic acids is 1. The van der Waals surface area contributed by atoms with Gasteiger partial charge in [0.05, 0.1) is 16.6 Å². The first-order valence-electron chi connectivity index (χ1n) is 12.6. The zero-order chi connectivity index (χ0) is 30.4. The predicted molar refractivity (Wildman–Crippen MR) is 132 cm³/mol. The lowest BCUT2D eigenvalue weighted by Crippen LogP contribution is -2.54. The van der Waals surface area contributed by atoms with Gasteiger partial charge in [-0.15, -0.1) is 0 Å². The molecule has 0 aromatic heterocycles. The normalized spacial score (nSPS) is 22.1. The summed E-state index contributed by atoms with van der Waals surface area (Å²) >= 11 is 0. The highest BCUT2D eigenvalue weighted by Gasteiger charge is 2.71. The average Bonchev–Trinajstić information content (AvgIpc) is 3.33. The Morgan fingerprint density at radius 1 is 0.951 bits per heavy atom. The standard InChI is InChI=1S/C26H27F7N2O5S/c27-19-3-6-22(7-4-19)41(39,40)35-20(11-21(37)10-16-12-34-13-17(16)14-36)5-1-15-9-18(2-8-23(15)35)24(38,25(28,29)30)26(31,32)33/h2-4,6-9,16-17,20,34,36,38H,1,5,10-14H2/t16-,17+,20+/m1/s1. The van der Waals surface area contributed by atoms with E-state index >= 15 is 0 Å². The van der Waals surface area contributed by atoms with Gasteiger partial charge in [0.2, 0.25) is 0 Å². The van der Waals surface area contributed by atoms with Gasteiger partial charge in [0, 0.05) is 31.6 Å². The zero-order valence-corrected chi connectivity index (χ0v) is 22.2. The van der Waals surface area contributed by atoms with Gasteiger partial charge in [-0.25, -0.2) is 12.8 Å². The number of sulfonamides is 1. The third kappa shape index (κ3) is 5.81. The number of hydrogen-bond donors (Lipinski definition) is 3. The molecule has 2 aliphatic heterocycles. The van der Waals surface area contributed by atoms with Crippen LogP contribution in [0.25, 0.3) is 0 Å². The number of benzene rings is 2. The van der Waals surface area contributed by atoms with Crippen molar-refractivity contribution in [2.24, 2.45) is 11.8 Å². The first-order chi connectivity index (χ1) is 19.0. The van der Waals surface area contributed by atoms with Gasteiger partial charge in [-0.2, -0.15) is 26.3 Å². The minimum absolute atomic E-state index is 0.0230. The highest BCUT2D eigenvalue weighted by atomic mass is 32.2. The summed E-state index contributed by atoms with van der Waals surface area (Å²) in [6, 6.07) is 4.16. The van der Waals surface area contributed by atoms with Gasteiger partial charge in [0.15, 0.2) is 0 Å². The van der Waals surface area contributed by atoms with Crippen LogP contribution in [0.2, 0.25) is 0 Å². The van der Waals surface area contributed by atoms with Gasteiger partial charge in [0.1, 0.15) is 11.6 Å². The minimum Gasteiger partial charge on any atom is -0.396 e. The molecule has 0 spiro atoms. The van der Waals surface area contributed by atoms with E-state index in [-0.39, 0.29) is 61.2 Å². The molecule has 0 amide bonds. The van der Waals surface area contributed by atoms with Crippen molar-refractivity contribution in [2.45, 2.75) is 54.6 Å². The Balaban J connectivity index is 1.76. The minimum atomic E-state index is -6.13. The fraction of sp³-hybridized carbons (Fsp3) is 0.500. The van der Waals surface area contributed by atoms with Crippen molar-refractivity contribution in [3.8, 4) is 0 Å². The predicted octanol–water partition coefficient (Wildman–Crippen LogP) is 3.83. The molecular formula is C26H27F7N2O5S. The smallest absolute Gasteiger partial charge is 0.396 e. The fourth-order valence-corrected chi connectivity index (χ4v) is 7.18. The maximum Gasteiger partial charge on any atom is 0.430 e. The van der Waals surface area contributed by atoms with Crippen molar-refractivity contribution in [3.05, 3.63) is 59.4 Å². The second-order valence-corrected chi connectivity index (χ2v) is 12.1. The topological polar surface area (TPSA) is 107 Å². The largest absolute Gasteiger partial charge is 0.430 e. The Bertz CT molecular complexity index is 1370. The molecule has 1 saturated heterocycles. The molecule has 15 heteroatoms. The Hall–Kier alpha value is -2.75. The molecule has 3 atom stereocenters. The third-order valence-corrected chi connectivity index (χ3v) is 9.55. The SMILES string of the molecule is O=C(C[C@@H]1CNC[C@H]1CO)C[C@@H]1CCc2cc(C(O)(C(F)(F)F)C(F)(F)F)ccc2N1S(=O)(=O)c1ccc(F)cc1. The fourth-order valence-electron chi connectivity index (χ4n) is 5.46. The van der Waals surface area contributed by atoms with Gasteiger partial charge in [-0.3, -0.25) is 9.10 Å². The number of aryl methyl sites for hydroxylation is 1. The van der Waals surface area contributed by atoms with Crippen molar-refractivity contribution >= 4 is 21.5 Å². The highest BCUT2D eigenvalue weighted by Crippen LogP contribution is 2.51. The molecule has 7 nitrogen and oxygen atoms in total. The molecular weight excluding hydrogens is 585 g/mol. The number of halogens is 7. The Morgan fingerprint density at radius 3 is 2.15 bits per heavy atom. The van der Waals surface area contributed by atoms with Crippen molar-refractivity contribution < 1.29 is 54.2 Å². The monoisotopic (exact) mass is 612 g/mol. The van der Waals surface area contributed by atoms with E-state index in [4.69, 9.17) is 0 Å². The summed E-state index contributed by atoms with van der Waals surface area (Å²) in [4.78, 5) is 12.6. The van der Waals surface area contributed by atoms with Crippen LogP contribution in [0, 0.1) is 17.7 Å². The number of aliphatic hydroxyl groups is 2. The molecule has 2 aliphatic rings. The number of aliphatic hydroxyl groups excluding tert-OH is 1. The van der Waals surface area contributed by atoms with E-state index in [0.717, 1.165) is 34.6 Å². The van der Waals surface area contributed by atoms with Gasteiger partial charge in [-0.05, 0) is 67.1 Å². The summed E-state index contributed by atoms with van der Waals surface area (Å²) in [6.07, 6.45) is -12.9. The molecule has 2 aromatic carbocycles. The van der Waals surface area contributed by atoms with E-state index in [9.17, 15) is 54.2 Å². The van der Waals surface area contributed by atoms with Crippen molar-refractivity contribution in [2.75, 3.05) is 24.0 Å².